The van der Waals surface area contributed by atoms with Gasteiger partial charge in [-0.2, -0.15) is 9.97 Å². The minimum atomic E-state index is -5.17. The number of phosphoric ester groups is 2. The van der Waals surface area contributed by atoms with Gasteiger partial charge in [0.15, 0.2) is 28.5 Å². The van der Waals surface area contributed by atoms with Crippen LogP contribution in [-0.2, 0) is 43.7 Å². The topological polar surface area (TPSA) is 354 Å². The number of nitrogen functional groups attached to an aromatic ring is 2. The molecule has 0 saturated carbocycles. The number of pyridine rings is 1. The van der Waals surface area contributed by atoms with E-state index in [9.17, 15) is 38.7 Å². The number of nitrogens with zero attached hydrogens (tertiary/aromatic N) is 7. The molecule has 0 radical (unpaired) electrons. The van der Waals surface area contributed by atoms with Gasteiger partial charge in [-0.25, -0.2) is 32.7 Å². The molecule has 25 nitrogen and oxygen atoms in total. The first-order valence-corrected chi connectivity index (χ1v) is 18.9. The van der Waals surface area contributed by atoms with Crippen molar-refractivity contribution in [3.8, 4) is 0 Å². The van der Waals surface area contributed by atoms with Crippen molar-refractivity contribution in [1.29, 1.82) is 0 Å². The third-order valence-corrected chi connectivity index (χ3v) is 10.4. The molecular weight excluding hydrogens is 764 g/mol. The Morgan fingerprint density at radius 3 is 1.78 bits per heavy atom. The van der Waals surface area contributed by atoms with Crippen molar-refractivity contribution in [2.75, 3.05) is 24.7 Å². The number of aromatic amines is 2. The summed E-state index contributed by atoms with van der Waals surface area (Å²) in [5.74, 6) is -0.345. The lowest BCUT2D eigenvalue weighted by molar-refractivity contribution is -0.685. The predicted octanol–water partition coefficient (Wildman–Crippen LogP) is -1.50. The fourth-order valence-corrected chi connectivity index (χ4v) is 7.57. The normalized spacial score (nSPS) is 25.9. The molecule has 8 atom stereocenters. The molecule has 2 unspecified atom stereocenters. The molecule has 290 valence electrons. The van der Waals surface area contributed by atoms with Crippen LogP contribution in [0.1, 0.15) is 37.3 Å². The lowest BCUT2D eigenvalue weighted by atomic mass is 10.2. The van der Waals surface area contributed by atoms with E-state index >= 15 is 0 Å². The Morgan fingerprint density at radius 1 is 0.870 bits per heavy atom. The van der Waals surface area contributed by atoms with Crippen molar-refractivity contribution in [1.82, 2.24) is 39.0 Å². The molecule has 5 aromatic heterocycles. The van der Waals surface area contributed by atoms with E-state index in [-0.39, 0.29) is 52.8 Å². The molecule has 2 aliphatic heterocycles. The van der Waals surface area contributed by atoms with E-state index in [1.807, 2.05) is 0 Å². The fraction of sp³-hybridized carbons (Fsp3) is 0.444. The minimum Gasteiger partial charge on any atom is -0.390 e. The summed E-state index contributed by atoms with van der Waals surface area (Å²) in [5, 5.41) is 21.3. The van der Waals surface area contributed by atoms with Crippen LogP contribution in [0.5, 0.6) is 0 Å². The van der Waals surface area contributed by atoms with E-state index in [2.05, 4.69) is 29.9 Å². The predicted molar refractivity (Wildman–Crippen MR) is 178 cm³/mol. The van der Waals surface area contributed by atoms with Crippen molar-refractivity contribution in [2.45, 2.75) is 56.0 Å². The molecule has 0 spiro atoms. The highest BCUT2D eigenvalue weighted by Gasteiger charge is 2.43. The van der Waals surface area contributed by atoms with Crippen molar-refractivity contribution in [3.05, 3.63) is 63.5 Å². The third-order valence-electron chi connectivity index (χ3n) is 8.53. The number of aromatic nitrogens is 9. The zero-order valence-corrected chi connectivity index (χ0v) is 29.7. The number of imidazole rings is 2. The van der Waals surface area contributed by atoms with E-state index in [0.717, 1.165) is 0 Å². The van der Waals surface area contributed by atoms with E-state index in [1.54, 1.807) is 6.07 Å². The number of rotatable bonds is 13. The molecule has 0 bridgehead atoms. The van der Waals surface area contributed by atoms with E-state index in [1.165, 1.54) is 51.7 Å². The quantitative estimate of drug-likeness (QED) is 0.0382. The Hall–Kier alpha value is -4.49. The lowest BCUT2D eigenvalue weighted by Gasteiger charge is -2.23. The van der Waals surface area contributed by atoms with Gasteiger partial charge in [-0.1, -0.05) is 0 Å². The molecule has 2 saturated heterocycles. The van der Waals surface area contributed by atoms with Gasteiger partial charge in [0.2, 0.25) is 17.6 Å². The Morgan fingerprint density at radius 2 is 1.33 bits per heavy atom. The second-order valence-corrected chi connectivity index (χ2v) is 15.0. The Kier molecular flexibility index (Phi) is 10.2. The average molecular weight is 799 g/mol. The Balaban J connectivity index is 0.997. The summed E-state index contributed by atoms with van der Waals surface area (Å²) in [7, 11) is -8.84. The molecule has 2 aliphatic rings. The number of phosphoric acid groups is 2. The van der Waals surface area contributed by atoms with Crippen molar-refractivity contribution < 1.29 is 61.3 Å². The van der Waals surface area contributed by atoms with Gasteiger partial charge in [0, 0.05) is 25.0 Å². The van der Waals surface area contributed by atoms with Crippen molar-refractivity contribution in [2.24, 2.45) is 7.05 Å². The molecule has 10 N–H and O–H groups in total. The largest absolute Gasteiger partial charge is 0.475 e. The highest BCUT2D eigenvalue weighted by atomic mass is 31.2. The van der Waals surface area contributed by atoms with Crippen molar-refractivity contribution >= 4 is 49.9 Å². The summed E-state index contributed by atoms with van der Waals surface area (Å²) >= 11 is 0. The number of anilines is 2. The molecular formula is C27H34N11O14P2+. The number of hydrogen-bond donors (Lipinski definition) is 8. The summed E-state index contributed by atoms with van der Waals surface area (Å²) in [5.41, 5.74) is 10.2. The summed E-state index contributed by atoms with van der Waals surface area (Å²) in [6, 6.07) is 4.47. The number of aryl methyl sites for hydroxylation is 1. The minimum absolute atomic E-state index is 0.0230. The van der Waals surface area contributed by atoms with E-state index < -0.39 is 83.1 Å². The zero-order valence-electron chi connectivity index (χ0n) is 27.9. The molecule has 27 heteroatoms. The van der Waals surface area contributed by atoms with Crippen LogP contribution in [0.2, 0.25) is 0 Å². The summed E-state index contributed by atoms with van der Waals surface area (Å²) in [6.07, 6.45) is -4.79. The molecule has 0 amide bonds. The number of nitrogens with two attached hydrogens (primary N) is 2. The fourth-order valence-electron chi connectivity index (χ4n) is 5.93. The van der Waals surface area contributed by atoms with E-state index in [4.69, 9.17) is 39.0 Å². The standard InChI is InChI=1S/C27H33N11O14P2/c1-36-5-3-2-4-12(36)25(51-53(43,44)47-8-15-13(39)6-17(49-15)37-10-30-19-21(37)32-26(28)34-23(19)41)52-54(45,46)48-9-16-14(40)7-18(50-16)38-11-31-20-22(38)33-27(29)35-24(20)42/h2-5,10-11,13-18,25,39-40H,6-9H2,1H3,(H7-,28,29,32,33,34,35,41,42,43,44,45,46)/p+1/t13-,14-,15+,16+,17+,18+/m0/s1. The first-order valence-electron chi connectivity index (χ1n) is 15.9. The number of aliphatic hydroxyl groups excluding tert-OH is 2. The molecule has 2 fully saturated rings. The number of aliphatic hydroxyl groups is 2. The number of fused-ring (bicyclic) bond motifs is 2. The maximum atomic E-state index is 13.2. The first-order chi connectivity index (χ1) is 25.6. The Bertz CT molecular complexity index is 2260. The second-order valence-electron chi connectivity index (χ2n) is 12.2. The molecule has 7 heterocycles. The van der Waals surface area contributed by atoms with Crippen LogP contribution in [0.4, 0.5) is 11.9 Å². The highest BCUT2D eigenvalue weighted by molar-refractivity contribution is 7.48. The van der Waals surface area contributed by atoms with Gasteiger partial charge in [0.25, 0.3) is 17.4 Å². The van der Waals surface area contributed by atoms with Crippen LogP contribution in [-0.4, -0.2) is 96.7 Å². The van der Waals surface area contributed by atoms with Crippen LogP contribution < -0.4 is 27.2 Å². The van der Waals surface area contributed by atoms with Crippen LogP contribution in [0, 0.1) is 0 Å². The van der Waals surface area contributed by atoms with Crippen molar-refractivity contribution in [3.63, 3.8) is 0 Å². The maximum absolute atomic E-state index is 13.2. The molecule has 7 rings (SSSR count). The number of nitrogens with one attached hydrogen (secondary N) is 2. The Labute approximate surface area is 301 Å². The highest BCUT2D eigenvalue weighted by Crippen LogP contribution is 2.55. The molecule has 54 heavy (non-hydrogen) atoms. The number of H-pyrrole nitrogens is 2. The summed E-state index contributed by atoms with van der Waals surface area (Å²) in [6.45, 7) is -1.40. The van der Waals surface area contributed by atoms with Gasteiger partial charge in [0.1, 0.15) is 31.7 Å². The third kappa shape index (κ3) is 7.84. The number of hydrogen-bond acceptors (Lipinski definition) is 18. The summed E-state index contributed by atoms with van der Waals surface area (Å²) in [4.78, 5) is 66.5. The van der Waals surface area contributed by atoms with Gasteiger partial charge in [-0.15, -0.1) is 0 Å². The van der Waals surface area contributed by atoms with Crippen LogP contribution in [0.3, 0.4) is 0 Å². The monoisotopic (exact) mass is 798 g/mol. The van der Waals surface area contributed by atoms with Gasteiger partial charge >= 0.3 is 15.6 Å². The van der Waals surface area contributed by atoms with E-state index in [0.29, 0.717) is 0 Å². The number of ether oxygens (including phenoxy) is 2. The zero-order chi connectivity index (χ0) is 38.5. The molecule has 5 aromatic rings. The van der Waals surface area contributed by atoms with Gasteiger partial charge in [-0.3, -0.25) is 37.7 Å². The second kappa shape index (κ2) is 14.6. The van der Waals surface area contributed by atoms with Gasteiger partial charge in [0.05, 0.1) is 38.1 Å². The SMILES string of the molecule is C[n+]1ccccc1C(OP(=O)(O)OC[C@H]1O[C@@H](n2cnc3c(=O)[nH]c(N)nc32)C[C@@H]1O)OP(=O)(O)OC[C@H]1O[C@@H](n2cnc3c(=O)[nH]c(N)nc32)C[C@@H]1O. The summed E-state index contributed by atoms with van der Waals surface area (Å²) < 4.78 is 62.8. The first kappa shape index (κ1) is 37.8. The molecule has 0 aromatic carbocycles. The van der Waals surface area contributed by atoms with Crippen LogP contribution in [0.25, 0.3) is 22.3 Å². The van der Waals surface area contributed by atoms with Gasteiger partial charge in [-0.05, 0) is 6.07 Å². The molecule has 0 aliphatic carbocycles. The van der Waals surface area contributed by atoms with Gasteiger partial charge < -0.3 is 40.9 Å². The average Bonchev–Trinajstić information content (AvgIpc) is 3.88. The van der Waals surface area contributed by atoms with Crippen LogP contribution >= 0.6 is 15.6 Å². The van der Waals surface area contributed by atoms with Crippen LogP contribution in [0.15, 0.2) is 46.6 Å². The smallest absolute Gasteiger partial charge is 0.390 e. The lowest BCUT2D eigenvalue weighted by Crippen LogP contribution is -2.35. The maximum Gasteiger partial charge on any atom is 0.475 e.